The topological polar surface area (TPSA) is 323 Å². The number of ether oxygens (including phenoxy) is 3. The Hall–Kier alpha value is -2.91. The van der Waals surface area contributed by atoms with Crippen LogP contribution in [0.25, 0.3) is 0 Å². The summed E-state index contributed by atoms with van der Waals surface area (Å²) in [4.78, 5) is 77.9. The molecule has 1 aromatic heterocycles. The molecule has 3 heterocycles. The zero-order valence-electron chi connectivity index (χ0n) is 41.2. The van der Waals surface area contributed by atoms with E-state index in [0.29, 0.717) is 38.5 Å². The summed E-state index contributed by atoms with van der Waals surface area (Å²) in [6, 6.07) is 1.24. The van der Waals surface area contributed by atoms with Crippen LogP contribution in [0.2, 0.25) is 0 Å². The summed E-state index contributed by atoms with van der Waals surface area (Å²) in [5, 5.41) is 45.7. The maximum absolute atomic E-state index is 13.9. The number of phosphoric acid groups is 2. The molecule has 2 aliphatic rings. The number of nitrogens with zero attached hydrogens (tertiary/aromatic N) is 2. The number of hydrogen-bond donors (Lipinski definition) is 7. The number of phosphoric ester groups is 2. The number of carbonyl (C=O) groups excluding carboxylic acids is 3. The third-order valence-corrected chi connectivity index (χ3v) is 15.4. The second-order valence-electron chi connectivity index (χ2n) is 18.7. The Bertz CT molecular complexity index is 1900. The normalized spacial score (nSPS) is 30.4. The van der Waals surface area contributed by atoms with E-state index in [4.69, 9.17) is 29.0 Å². The quantitative estimate of drug-likeness (QED) is 0.0299. The third-order valence-electron chi connectivity index (χ3n) is 12.8. The molecule has 2 saturated heterocycles. The maximum atomic E-state index is 13.9. The smallest absolute Gasteiger partial charge is 0.462 e. The summed E-state index contributed by atoms with van der Waals surface area (Å²) in [6.45, 7) is 3.76. The second kappa shape index (κ2) is 32.3. The van der Waals surface area contributed by atoms with Crippen molar-refractivity contribution in [1.82, 2.24) is 9.55 Å². The molecule has 0 amide bonds. The molecule has 0 aliphatic carbocycles. The molecule has 3 unspecified atom stereocenters. The van der Waals surface area contributed by atoms with Crippen LogP contribution in [0.5, 0.6) is 0 Å². The number of anilines is 1. The van der Waals surface area contributed by atoms with Crippen LogP contribution in [0, 0.1) is 17.8 Å². The molecule has 2 bridgehead atoms. The van der Waals surface area contributed by atoms with E-state index in [-0.39, 0.29) is 31.5 Å². The fourth-order valence-corrected chi connectivity index (χ4v) is 10.5. The Balaban J connectivity index is 1.83. The van der Waals surface area contributed by atoms with Gasteiger partial charge in [0.15, 0.2) is 6.10 Å². The summed E-state index contributed by atoms with van der Waals surface area (Å²) < 4.78 is 58.9. The summed E-state index contributed by atoms with van der Waals surface area (Å²) >= 11 is 0. The van der Waals surface area contributed by atoms with Crippen molar-refractivity contribution < 1.29 is 81.3 Å². The Morgan fingerprint density at radius 1 is 0.900 bits per heavy atom. The van der Waals surface area contributed by atoms with E-state index in [1.54, 1.807) is 0 Å². The first kappa shape index (κ1) is 61.4. The highest BCUT2D eigenvalue weighted by molar-refractivity contribution is 7.61. The number of nitrogens with two attached hydrogens (primary N) is 1. The van der Waals surface area contributed by atoms with Crippen molar-refractivity contribution >= 4 is 39.2 Å². The van der Waals surface area contributed by atoms with Crippen LogP contribution in [0.15, 0.2) is 29.2 Å². The van der Waals surface area contributed by atoms with E-state index in [1.807, 2.05) is 6.92 Å². The van der Waals surface area contributed by atoms with E-state index >= 15 is 0 Å². The largest absolute Gasteiger partial charge is 0.481 e. The lowest BCUT2D eigenvalue weighted by molar-refractivity contribution is -0.188. The van der Waals surface area contributed by atoms with E-state index in [0.717, 1.165) is 49.0 Å². The number of ketones is 1. The Morgan fingerprint density at radius 2 is 1.54 bits per heavy atom. The molecule has 3 rings (SSSR count). The summed E-state index contributed by atoms with van der Waals surface area (Å²) in [5.41, 5.74) is 4.77. The molecular formula is C47H81N3O18P2. The van der Waals surface area contributed by atoms with Crippen molar-refractivity contribution in [3.63, 3.8) is 0 Å². The van der Waals surface area contributed by atoms with Gasteiger partial charge in [-0.2, -0.15) is 9.29 Å². The number of rotatable bonds is 21. The standard InChI is InChI=1S/C47H81N3O18P2/c1-4-6-15-21-34(51)25-26-36-38(52)29-39(53)37-22-17-13-14-19-24-43(55)66-35(30-63-42(54)23-18-12-10-8-7-9-11-16-20-33(3)5-2)31-64-69(59,60)68-70(61,62)65-32-40(45(57)44(36)56)67-46(37)50-28-27-41(48)49-47(50)58/h25-28,33-37,39-40,44-46,51,53,56-57H,4-24,29-32H2,1-3H3,(H,59,60)(H,61,62)(H2,48,49,58)/b26-25-/t33?,34-,35+,36-,37-,39-,40+,44-,45+,46+/m0/s1. The van der Waals surface area contributed by atoms with Gasteiger partial charge in [0.2, 0.25) is 0 Å². The highest BCUT2D eigenvalue weighted by Crippen LogP contribution is 2.60. The van der Waals surface area contributed by atoms with Crippen LogP contribution < -0.4 is 11.4 Å². The molecule has 0 saturated carbocycles. The first-order valence-corrected chi connectivity index (χ1v) is 28.2. The Kier molecular flexibility index (Phi) is 28.3. The molecule has 8 N–H and O–H groups in total. The molecule has 70 heavy (non-hydrogen) atoms. The van der Waals surface area contributed by atoms with Crippen molar-refractivity contribution in [3.8, 4) is 0 Å². The maximum Gasteiger partial charge on any atom is 0.481 e. The predicted molar refractivity (Wildman–Crippen MR) is 258 cm³/mol. The number of hydrogen-bond acceptors (Lipinski definition) is 18. The minimum atomic E-state index is -5.70. The van der Waals surface area contributed by atoms with Gasteiger partial charge >= 0.3 is 33.3 Å². The molecule has 0 radical (unpaired) electrons. The van der Waals surface area contributed by atoms with Crippen molar-refractivity contribution in [1.29, 1.82) is 0 Å². The lowest BCUT2D eigenvalue weighted by Gasteiger charge is -2.39. The molecular weight excluding hydrogens is 956 g/mol. The van der Waals surface area contributed by atoms with Crippen LogP contribution in [-0.4, -0.2) is 114 Å². The molecule has 23 heteroatoms. The molecule has 2 aliphatic heterocycles. The van der Waals surface area contributed by atoms with Crippen molar-refractivity contribution in [2.24, 2.45) is 17.8 Å². The molecule has 21 nitrogen and oxygen atoms in total. The number of aromatic nitrogens is 2. The van der Waals surface area contributed by atoms with Gasteiger partial charge in [-0.1, -0.05) is 129 Å². The second-order valence-corrected chi connectivity index (χ2v) is 21.7. The Morgan fingerprint density at radius 3 is 2.21 bits per heavy atom. The fourth-order valence-electron chi connectivity index (χ4n) is 8.37. The number of esters is 2. The molecule has 12 atom stereocenters. The molecule has 402 valence electrons. The summed E-state index contributed by atoms with van der Waals surface area (Å²) in [6.07, 6.45) is 6.04. The lowest BCUT2D eigenvalue weighted by Crippen LogP contribution is -2.51. The number of aliphatic hydroxyl groups excluding tert-OH is 4. The van der Waals surface area contributed by atoms with Crippen LogP contribution in [-0.2, 0) is 51.1 Å². The predicted octanol–water partition coefficient (Wildman–Crippen LogP) is 6.50. The minimum absolute atomic E-state index is 0.0575. The number of unbranched alkanes of at least 4 members (excludes halogenated alkanes) is 9. The SMILES string of the molecule is CCCCC[C@H](O)/C=C\[C@H]1C(=O)C[C@H](O)[C@@H]2CCCCCCC(=O)O[C@H](COC(=O)CCCCCCCCCCC(C)CC)COP(=O)(O)OP(=O)(O)OC[C@@H](O[C@H]2n2ccc(N)nc2=O)[C@@H](O)[C@H]1O. The van der Waals surface area contributed by atoms with E-state index in [9.17, 15) is 58.5 Å². The first-order chi connectivity index (χ1) is 33.3. The lowest BCUT2D eigenvalue weighted by atomic mass is 9.83. The van der Waals surface area contributed by atoms with Crippen LogP contribution >= 0.6 is 15.6 Å². The van der Waals surface area contributed by atoms with Gasteiger partial charge in [0, 0.05) is 31.4 Å². The molecule has 0 aromatic carbocycles. The summed E-state index contributed by atoms with van der Waals surface area (Å²) in [5.74, 6) is -4.26. The number of aliphatic hydroxyl groups is 4. The highest BCUT2D eigenvalue weighted by Gasteiger charge is 2.45. The van der Waals surface area contributed by atoms with Gasteiger partial charge in [-0.3, -0.25) is 28.0 Å². The van der Waals surface area contributed by atoms with Gasteiger partial charge in [0.1, 0.15) is 36.6 Å². The van der Waals surface area contributed by atoms with Crippen molar-refractivity contribution in [2.45, 2.75) is 205 Å². The van der Waals surface area contributed by atoms with Gasteiger partial charge in [-0.25, -0.2) is 13.9 Å². The van der Waals surface area contributed by atoms with E-state index in [2.05, 4.69) is 23.1 Å². The average molecular weight is 1040 g/mol. The molecule has 1 aromatic rings. The molecule has 0 spiro atoms. The monoisotopic (exact) mass is 1040 g/mol. The number of nitrogen functional groups attached to an aromatic ring is 1. The third kappa shape index (κ3) is 23.3. The van der Waals surface area contributed by atoms with Crippen LogP contribution in [0.1, 0.15) is 168 Å². The minimum Gasteiger partial charge on any atom is -0.462 e. The van der Waals surface area contributed by atoms with Crippen LogP contribution in [0.3, 0.4) is 0 Å². The fraction of sp³-hybridized carbons (Fsp3) is 0.809. The summed E-state index contributed by atoms with van der Waals surface area (Å²) in [7, 11) is -11.3. The number of Topliss-reactive ketones (excluding diaryl/α,β-unsaturated/α-hetero) is 1. The Labute approximate surface area is 412 Å². The average Bonchev–Trinajstić information content (AvgIpc) is 3.29. The highest BCUT2D eigenvalue weighted by atomic mass is 31.3. The molecule has 2 fully saturated rings. The van der Waals surface area contributed by atoms with Crippen LogP contribution in [0.4, 0.5) is 5.82 Å². The van der Waals surface area contributed by atoms with Gasteiger partial charge in [-0.15, -0.1) is 0 Å². The van der Waals surface area contributed by atoms with Gasteiger partial charge in [0.05, 0.1) is 37.4 Å². The van der Waals surface area contributed by atoms with Gasteiger partial charge in [0.25, 0.3) is 0 Å². The number of fused-ring (bicyclic) bond motifs is 3. The van der Waals surface area contributed by atoms with E-state index in [1.165, 1.54) is 56.5 Å². The zero-order chi connectivity index (χ0) is 51.7. The first-order valence-electron chi connectivity index (χ1n) is 25.2. The number of carbonyl (C=O) groups is 3. The zero-order valence-corrected chi connectivity index (χ0v) is 43.0. The van der Waals surface area contributed by atoms with Crippen molar-refractivity contribution in [2.75, 3.05) is 25.6 Å². The van der Waals surface area contributed by atoms with Gasteiger partial charge < -0.3 is 50.2 Å². The van der Waals surface area contributed by atoms with Gasteiger partial charge in [-0.05, 0) is 37.7 Å². The number of cyclic esters (lactones) is 1. The van der Waals surface area contributed by atoms with Crippen molar-refractivity contribution in [3.05, 3.63) is 34.9 Å². The van der Waals surface area contributed by atoms with E-state index < -0.39 is 120 Å².